The molecule has 8 heteroatoms. The molecule has 3 rings (SSSR count). The second-order valence-corrected chi connectivity index (χ2v) is 8.82. The lowest BCUT2D eigenvalue weighted by atomic mass is 10.2. The molecule has 0 N–H and O–H groups in total. The number of benzene rings is 1. The van der Waals surface area contributed by atoms with Gasteiger partial charge in [-0.1, -0.05) is 30.3 Å². The van der Waals surface area contributed by atoms with Crippen molar-refractivity contribution in [1.29, 1.82) is 0 Å². The molecule has 0 radical (unpaired) electrons. The van der Waals surface area contributed by atoms with E-state index in [-0.39, 0.29) is 23.5 Å². The van der Waals surface area contributed by atoms with E-state index < -0.39 is 9.84 Å². The average Bonchev–Trinajstić information content (AvgIpc) is 3.01. The number of amides is 1. The van der Waals surface area contributed by atoms with E-state index in [1.54, 1.807) is 23.9 Å². The summed E-state index contributed by atoms with van der Waals surface area (Å²) in [7, 11) is 0.547. The van der Waals surface area contributed by atoms with E-state index in [9.17, 15) is 13.2 Å². The van der Waals surface area contributed by atoms with Crippen LogP contribution in [0.5, 0.6) is 0 Å². The molecule has 0 bridgehead atoms. The van der Waals surface area contributed by atoms with E-state index in [1.165, 1.54) is 12.4 Å². The molecule has 1 aliphatic rings. The highest BCUT2D eigenvalue weighted by Crippen LogP contribution is 2.20. The van der Waals surface area contributed by atoms with Crippen LogP contribution in [0.2, 0.25) is 0 Å². The van der Waals surface area contributed by atoms with Crippen LogP contribution in [0.1, 0.15) is 22.3 Å². The number of carbonyl (C=O) groups is 1. The molecule has 1 amide bonds. The number of aromatic nitrogens is 2. The molecule has 0 saturated carbocycles. The Bertz CT molecular complexity index is 869. The molecular weight excluding hydrogens is 352 g/mol. The van der Waals surface area contributed by atoms with Crippen LogP contribution >= 0.6 is 0 Å². The maximum atomic E-state index is 12.5. The van der Waals surface area contributed by atoms with Crippen LogP contribution in [0.15, 0.2) is 42.7 Å². The quantitative estimate of drug-likeness (QED) is 0.786. The molecule has 1 unspecified atom stereocenters. The summed E-state index contributed by atoms with van der Waals surface area (Å²) in [5.74, 6) is 0.580. The number of rotatable bonds is 5. The fourth-order valence-corrected chi connectivity index (χ4v) is 4.78. The Morgan fingerprint density at radius 3 is 2.38 bits per heavy atom. The predicted molar refractivity (Wildman–Crippen MR) is 99.7 cm³/mol. The van der Waals surface area contributed by atoms with Crippen molar-refractivity contribution in [1.82, 2.24) is 14.9 Å². The van der Waals surface area contributed by atoms with Crippen molar-refractivity contribution in [3.63, 3.8) is 0 Å². The van der Waals surface area contributed by atoms with Gasteiger partial charge in [0.05, 0.1) is 17.1 Å². The smallest absolute Gasteiger partial charge is 0.257 e. The molecule has 1 aliphatic heterocycles. The van der Waals surface area contributed by atoms with Gasteiger partial charge in [-0.3, -0.25) is 4.79 Å². The first kappa shape index (κ1) is 18.3. The highest BCUT2D eigenvalue weighted by molar-refractivity contribution is 7.91. The number of anilines is 1. The van der Waals surface area contributed by atoms with E-state index >= 15 is 0 Å². The Hall–Kier alpha value is -2.48. The van der Waals surface area contributed by atoms with Gasteiger partial charge in [-0.05, 0) is 12.0 Å². The Labute approximate surface area is 153 Å². The third-order valence-corrected chi connectivity index (χ3v) is 6.32. The van der Waals surface area contributed by atoms with Gasteiger partial charge in [0.25, 0.3) is 5.91 Å². The van der Waals surface area contributed by atoms with Gasteiger partial charge in [0.15, 0.2) is 9.84 Å². The summed E-state index contributed by atoms with van der Waals surface area (Å²) in [6.07, 6.45) is 3.56. The molecule has 138 valence electrons. The number of hydrogen-bond acceptors (Lipinski definition) is 6. The monoisotopic (exact) mass is 374 g/mol. The van der Waals surface area contributed by atoms with Crippen LogP contribution < -0.4 is 4.90 Å². The molecule has 0 aliphatic carbocycles. The Balaban J connectivity index is 1.66. The van der Waals surface area contributed by atoms with Crippen molar-refractivity contribution in [2.75, 3.05) is 30.5 Å². The van der Waals surface area contributed by atoms with Crippen molar-refractivity contribution >= 4 is 21.7 Å². The largest absolute Gasteiger partial charge is 0.340 e. The molecule has 7 nitrogen and oxygen atoms in total. The minimum atomic E-state index is -2.97. The van der Waals surface area contributed by atoms with Crippen LogP contribution in [0.4, 0.5) is 5.95 Å². The Morgan fingerprint density at radius 1 is 1.15 bits per heavy atom. The van der Waals surface area contributed by atoms with E-state index in [1.807, 2.05) is 30.3 Å². The third kappa shape index (κ3) is 4.19. The van der Waals surface area contributed by atoms with Crippen molar-refractivity contribution in [3.8, 4) is 0 Å². The lowest BCUT2D eigenvalue weighted by Gasteiger charge is -2.23. The molecule has 1 atom stereocenters. The van der Waals surface area contributed by atoms with Gasteiger partial charge in [0.1, 0.15) is 0 Å². The molecule has 2 aromatic rings. The van der Waals surface area contributed by atoms with E-state index in [4.69, 9.17) is 0 Å². The maximum Gasteiger partial charge on any atom is 0.257 e. The fourth-order valence-electron chi connectivity index (χ4n) is 3.01. The zero-order valence-corrected chi connectivity index (χ0v) is 15.7. The standard InChI is InChI=1S/C18H22N4O3S/c1-21(12-14-6-4-3-5-7-14)17(23)15-10-19-18(20-11-15)22(2)16-8-9-26(24,25)13-16/h3-7,10-11,16H,8-9,12-13H2,1-2H3. The van der Waals surface area contributed by atoms with Crippen molar-refractivity contribution in [2.45, 2.75) is 19.0 Å². The summed E-state index contributed by atoms with van der Waals surface area (Å²) in [5, 5.41) is 0. The highest BCUT2D eigenvalue weighted by atomic mass is 32.2. The summed E-state index contributed by atoms with van der Waals surface area (Å²) in [6.45, 7) is 0.501. The number of sulfone groups is 1. The summed E-state index contributed by atoms with van der Waals surface area (Å²) < 4.78 is 23.3. The minimum absolute atomic E-state index is 0.118. The molecule has 2 heterocycles. The Morgan fingerprint density at radius 2 is 1.81 bits per heavy atom. The SMILES string of the molecule is CN(Cc1ccccc1)C(=O)c1cnc(N(C)C2CCS(=O)(=O)C2)nc1. The summed E-state index contributed by atoms with van der Waals surface area (Å²) in [5.41, 5.74) is 1.45. The number of carbonyl (C=O) groups excluding carboxylic acids is 1. The minimum Gasteiger partial charge on any atom is -0.340 e. The highest BCUT2D eigenvalue weighted by Gasteiger charge is 2.31. The normalized spacial score (nSPS) is 18.5. The van der Waals surface area contributed by atoms with Gasteiger partial charge in [0.2, 0.25) is 5.95 Å². The summed E-state index contributed by atoms with van der Waals surface area (Å²) >= 11 is 0. The number of nitrogens with zero attached hydrogens (tertiary/aromatic N) is 4. The van der Waals surface area contributed by atoms with Gasteiger partial charge < -0.3 is 9.80 Å². The van der Waals surface area contributed by atoms with E-state index in [2.05, 4.69) is 9.97 Å². The fraction of sp³-hybridized carbons (Fsp3) is 0.389. The third-order valence-electron chi connectivity index (χ3n) is 4.57. The van der Waals surface area contributed by atoms with Crippen molar-refractivity contribution in [3.05, 3.63) is 53.9 Å². The molecular formula is C18H22N4O3S. The van der Waals surface area contributed by atoms with Crippen LogP contribution in [0, 0.1) is 0 Å². The van der Waals surface area contributed by atoms with Crippen LogP contribution in [0.25, 0.3) is 0 Å². The van der Waals surface area contributed by atoms with Crippen molar-refractivity contribution in [2.24, 2.45) is 0 Å². The lowest BCUT2D eigenvalue weighted by Crippen LogP contribution is -2.34. The maximum absolute atomic E-state index is 12.5. The topological polar surface area (TPSA) is 83.5 Å². The second kappa shape index (κ2) is 7.41. The first-order valence-electron chi connectivity index (χ1n) is 8.40. The van der Waals surface area contributed by atoms with E-state index in [0.29, 0.717) is 24.5 Å². The van der Waals surface area contributed by atoms with Crippen LogP contribution in [-0.4, -0.2) is 60.8 Å². The van der Waals surface area contributed by atoms with E-state index in [0.717, 1.165) is 5.56 Å². The van der Waals surface area contributed by atoms with Gasteiger partial charge >= 0.3 is 0 Å². The first-order valence-corrected chi connectivity index (χ1v) is 10.2. The van der Waals surface area contributed by atoms with Crippen LogP contribution in [0.3, 0.4) is 0 Å². The molecule has 26 heavy (non-hydrogen) atoms. The zero-order valence-electron chi connectivity index (χ0n) is 14.9. The molecule has 0 spiro atoms. The van der Waals surface area contributed by atoms with Crippen molar-refractivity contribution < 1.29 is 13.2 Å². The Kier molecular flexibility index (Phi) is 5.22. The van der Waals surface area contributed by atoms with Crippen LogP contribution in [-0.2, 0) is 16.4 Å². The summed E-state index contributed by atoms with van der Waals surface area (Å²) in [4.78, 5) is 24.4. The summed E-state index contributed by atoms with van der Waals surface area (Å²) in [6, 6.07) is 9.61. The molecule has 1 aromatic carbocycles. The predicted octanol–water partition coefficient (Wildman–Crippen LogP) is 1.37. The average molecular weight is 374 g/mol. The first-order chi connectivity index (χ1) is 12.4. The van der Waals surface area contributed by atoms with Gasteiger partial charge in [-0.2, -0.15) is 0 Å². The lowest BCUT2D eigenvalue weighted by molar-refractivity contribution is 0.0784. The molecule has 1 aromatic heterocycles. The molecule has 1 fully saturated rings. The van der Waals surface area contributed by atoms with Gasteiger partial charge in [0, 0.05) is 39.1 Å². The van der Waals surface area contributed by atoms with Gasteiger partial charge in [-0.25, -0.2) is 18.4 Å². The van der Waals surface area contributed by atoms with Gasteiger partial charge in [-0.15, -0.1) is 0 Å². The molecule has 1 saturated heterocycles. The number of hydrogen-bond donors (Lipinski definition) is 0. The second-order valence-electron chi connectivity index (χ2n) is 6.59. The zero-order chi connectivity index (χ0) is 18.7.